The van der Waals surface area contributed by atoms with Crippen LogP contribution in [0.25, 0.3) is 11.0 Å². The van der Waals surface area contributed by atoms with Crippen LogP contribution in [0.5, 0.6) is 0 Å². The van der Waals surface area contributed by atoms with Crippen LogP contribution >= 0.6 is 11.6 Å². The van der Waals surface area contributed by atoms with Gasteiger partial charge in [0.1, 0.15) is 5.82 Å². The van der Waals surface area contributed by atoms with Crippen molar-refractivity contribution in [3.05, 3.63) is 58.4 Å². The van der Waals surface area contributed by atoms with E-state index < -0.39 is 11.9 Å². The second kappa shape index (κ2) is 10.9. The molecule has 2 heterocycles. The van der Waals surface area contributed by atoms with Gasteiger partial charge in [0.2, 0.25) is 0 Å². The number of methoxy groups -OCH3 is 2. The molecule has 0 unspecified atom stereocenters. The molecule has 202 valence electrons. The number of carboxylic acid groups (broad SMARTS) is 1. The van der Waals surface area contributed by atoms with Gasteiger partial charge in [0.15, 0.2) is 0 Å². The molecule has 3 aromatic rings. The van der Waals surface area contributed by atoms with Gasteiger partial charge in [-0.3, -0.25) is 9.69 Å². The van der Waals surface area contributed by atoms with Crippen molar-refractivity contribution in [2.24, 2.45) is 0 Å². The van der Waals surface area contributed by atoms with Crippen LogP contribution in [0, 0.1) is 0 Å². The van der Waals surface area contributed by atoms with E-state index in [1.807, 2.05) is 19.1 Å². The number of anilines is 1. The van der Waals surface area contributed by atoms with Gasteiger partial charge in [0.05, 0.1) is 35.9 Å². The molecule has 0 spiro atoms. The van der Waals surface area contributed by atoms with Crippen molar-refractivity contribution in [3.8, 4) is 0 Å². The molecule has 1 fully saturated rings. The van der Waals surface area contributed by atoms with Crippen LogP contribution in [0.4, 0.5) is 10.5 Å². The maximum atomic E-state index is 12.6. The van der Waals surface area contributed by atoms with Crippen molar-refractivity contribution < 1.29 is 24.2 Å². The van der Waals surface area contributed by atoms with E-state index in [0.29, 0.717) is 10.6 Å². The smallest absolute Gasteiger partial charge is 0.414 e. The molecule has 0 radical (unpaired) electrons. The SMILES string of the molecule is COC(=O)N1c2ccc3c(nc(C[C@H](C(=O)O)c4cccc(Cl)c4)n3C3CCC(OC)CC3)c2CC[C@@H]1C. The van der Waals surface area contributed by atoms with E-state index in [9.17, 15) is 14.7 Å². The van der Waals surface area contributed by atoms with Gasteiger partial charge < -0.3 is 19.1 Å². The van der Waals surface area contributed by atoms with Crippen molar-refractivity contribution in [3.63, 3.8) is 0 Å². The summed E-state index contributed by atoms with van der Waals surface area (Å²) < 4.78 is 12.9. The molecule has 1 N–H and O–H groups in total. The summed E-state index contributed by atoms with van der Waals surface area (Å²) in [6, 6.07) is 11.3. The van der Waals surface area contributed by atoms with Crippen molar-refractivity contribution in [2.75, 3.05) is 19.1 Å². The van der Waals surface area contributed by atoms with Gasteiger partial charge in [-0.2, -0.15) is 0 Å². The van der Waals surface area contributed by atoms with Gasteiger partial charge in [-0.25, -0.2) is 9.78 Å². The average Bonchev–Trinajstić information content (AvgIpc) is 3.29. The number of halogens is 1. The normalized spacial score (nSPS) is 22.2. The number of carboxylic acids is 1. The molecule has 1 aliphatic heterocycles. The minimum absolute atomic E-state index is 0.0116. The Kier molecular flexibility index (Phi) is 7.63. The lowest BCUT2D eigenvalue weighted by Gasteiger charge is -2.34. The summed E-state index contributed by atoms with van der Waals surface area (Å²) in [6.45, 7) is 2.02. The zero-order valence-electron chi connectivity index (χ0n) is 22.0. The van der Waals surface area contributed by atoms with Crippen molar-refractivity contribution in [1.82, 2.24) is 9.55 Å². The van der Waals surface area contributed by atoms with E-state index in [-0.39, 0.29) is 30.7 Å². The number of aromatic nitrogens is 2. The van der Waals surface area contributed by atoms with E-state index >= 15 is 0 Å². The number of hydrogen-bond acceptors (Lipinski definition) is 5. The van der Waals surface area contributed by atoms with Crippen LogP contribution < -0.4 is 4.90 Å². The first-order valence-corrected chi connectivity index (χ1v) is 13.6. The Morgan fingerprint density at radius 2 is 1.89 bits per heavy atom. The Morgan fingerprint density at radius 3 is 2.55 bits per heavy atom. The number of aliphatic carboxylic acids is 1. The predicted octanol–water partition coefficient (Wildman–Crippen LogP) is 6.14. The lowest BCUT2D eigenvalue weighted by molar-refractivity contribution is -0.138. The zero-order chi connectivity index (χ0) is 27.0. The average molecular weight is 540 g/mol. The number of rotatable bonds is 6. The quantitative estimate of drug-likeness (QED) is 0.404. The lowest BCUT2D eigenvalue weighted by Crippen LogP contribution is -2.42. The summed E-state index contributed by atoms with van der Waals surface area (Å²) >= 11 is 6.22. The summed E-state index contributed by atoms with van der Waals surface area (Å²) in [7, 11) is 3.15. The topological polar surface area (TPSA) is 93.9 Å². The molecule has 0 saturated heterocycles. The number of ether oxygens (including phenoxy) is 2. The number of fused-ring (bicyclic) bond motifs is 3. The molecule has 0 bridgehead atoms. The van der Waals surface area contributed by atoms with Crippen LogP contribution in [0.2, 0.25) is 5.02 Å². The Bertz CT molecular complexity index is 1350. The van der Waals surface area contributed by atoms with Crippen molar-refractivity contribution in [2.45, 2.75) is 76.0 Å². The largest absolute Gasteiger partial charge is 0.481 e. The van der Waals surface area contributed by atoms with Crippen LogP contribution in [0.1, 0.15) is 67.9 Å². The highest BCUT2D eigenvalue weighted by Crippen LogP contribution is 2.40. The predicted molar refractivity (Wildman–Crippen MR) is 146 cm³/mol. The third-order valence-corrected chi connectivity index (χ3v) is 8.41. The van der Waals surface area contributed by atoms with Gasteiger partial charge in [0, 0.05) is 36.2 Å². The first kappa shape index (κ1) is 26.5. The van der Waals surface area contributed by atoms with E-state index in [0.717, 1.165) is 66.6 Å². The van der Waals surface area contributed by atoms with E-state index in [1.165, 1.54) is 7.11 Å². The highest BCUT2D eigenvalue weighted by atomic mass is 35.5. The molecule has 1 aliphatic carbocycles. The fraction of sp³-hybridized carbons (Fsp3) is 0.483. The molecule has 5 rings (SSSR count). The molecule has 2 atom stereocenters. The number of imidazole rings is 1. The van der Waals surface area contributed by atoms with Crippen LogP contribution in [0.3, 0.4) is 0 Å². The highest BCUT2D eigenvalue weighted by molar-refractivity contribution is 6.30. The number of benzene rings is 2. The number of carbonyl (C=O) groups is 2. The second-order valence-corrected chi connectivity index (χ2v) is 10.8. The van der Waals surface area contributed by atoms with E-state index in [1.54, 1.807) is 36.3 Å². The summed E-state index contributed by atoms with van der Waals surface area (Å²) in [5.74, 6) is -0.964. The van der Waals surface area contributed by atoms with Gasteiger partial charge in [-0.05, 0) is 75.3 Å². The Labute approximate surface area is 227 Å². The van der Waals surface area contributed by atoms with Crippen molar-refractivity contribution in [1.29, 1.82) is 0 Å². The molecule has 38 heavy (non-hydrogen) atoms. The summed E-state index contributed by atoms with van der Waals surface area (Å²) in [4.78, 5) is 31.9. The molecule has 1 amide bonds. The standard InChI is InChI=1S/C29H34ClN3O5/c1-17-7-12-22-24(32(17)29(36)38-3)13-14-25-27(22)31-26(33(25)20-8-10-21(37-2)11-9-20)16-23(28(34)35)18-5-4-6-19(30)15-18/h4-6,13-15,17,20-21,23H,7-12,16H2,1-3H3,(H,34,35)/t17-,20?,21?,23-/m0/s1. The van der Waals surface area contributed by atoms with Crippen molar-refractivity contribution >= 4 is 40.4 Å². The molecule has 9 heteroatoms. The first-order valence-electron chi connectivity index (χ1n) is 13.2. The monoisotopic (exact) mass is 539 g/mol. The van der Waals surface area contributed by atoms with E-state index in [4.69, 9.17) is 26.1 Å². The fourth-order valence-electron chi connectivity index (χ4n) is 6.17. The summed E-state index contributed by atoms with van der Waals surface area (Å²) in [5.41, 5.74) is 4.29. The molecule has 2 aromatic carbocycles. The maximum absolute atomic E-state index is 12.6. The number of nitrogens with zero attached hydrogens (tertiary/aromatic N) is 3. The number of aryl methyl sites for hydroxylation is 1. The first-order chi connectivity index (χ1) is 18.3. The summed E-state index contributed by atoms with van der Waals surface area (Å²) in [5, 5.41) is 10.7. The molecule has 1 saturated carbocycles. The minimum Gasteiger partial charge on any atom is -0.481 e. The van der Waals surface area contributed by atoms with Gasteiger partial charge in [0.25, 0.3) is 0 Å². The molecule has 1 aromatic heterocycles. The van der Waals surface area contributed by atoms with Crippen LogP contribution in [-0.2, 0) is 27.1 Å². The van der Waals surface area contributed by atoms with Gasteiger partial charge in [-0.1, -0.05) is 23.7 Å². The second-order valence-electron chi connectivity index (χ2n) is 10.4. The molecular weight excluding hydrogens is 506 g/mol. The minimum atomic E-state index is -0.915. The van der Waals surface area contributed by atoms with Gasteiger partial charge >= 0.3 is 12.1 Å². The number of carbonyl (C=O) groups excluding carboxylic acids is 1. The third kappa shape index (κ3) is 4.87. The maximum Gasteiger partial charge on any atom is 0.414 e. The molecule has 2 aliphatic rings. The lowest BCUT2D eigenvalue weighted by atomic mass is 9.91. The Balaban J connectivity index is 1.63. The van der Waals surface area contributed by atoms with Crippen LogP contribution in [0.15, 0.2) is 36.4 Å². The Hall–Kier alpha value is -3.10. The summed E-state index contributed by atoms with van der Waals surface area (Å²) in [6.07, 6.45) is 5.40. The number of amides is 1. The highest BCUT2D eigenvalue weighted by Gasteiger charge is 2.34. The third-order valence-electron chi connectivity index (χ3n) is 8.18. The molecular formula is C29H34ClN3O5. The van der Waals surface area contributed by atoms with Gasteiger partial charge in [-0.15, -0.1) is 0 Å². The van der Waals surface area contributed by atoms with E-state index in [2.05, 4.69) is 4.57 Å². The van der Waals surface area contributed by atoms with Crippen LogP contribution in [-0.4, -0.2) is 53.1 Å². The molecule has 8 nitrogen and oxygen atoms in total. The number of hydrogen-bond donors (Lipinski definition) is 1. The Morgan fingerprint density at radius 1 is 1.13 bits per heavy atom. The zero-order valence-corrected chi connectivity index (χ0v) is 22.8. The fourth-order valence-corrected chi connectivity index (χ4v) is 6.37.